The van der Waals surface area contributed by atoms with Gasteiger partial charge in [-0.1, -0.05) is 13.8 Å². The number of imidazole rings is 1. The number of nitrogens with two attached hydrogens (primary N) is 1. The molecule has 1 rings (SSSR count). The summed E-state index contributed by atoms with van der Waals surface area (Å²) >= 11 is 0. The van der Waals surface area contributed by atoms with E-state index in [0.29, 0.717) is 5.69 Å². The maximum Gasteiger partial charge on any atom is 0.326 e. The first kappa shape index (κ1) is 46.8. The Morgan fingerprint density at radius 3 is 1.61 bits per heavy atom. The number of carbonyl (C=O) groups excluding carboxylic acids is 6. The minimum atomic E-state index is -1.76. The lowest BCUT2D eigenvalue weighted by atomic mass is 10.0. The number of hydrogen-bond donors (Lipinski definition) is 14. The summed E-state index contributed by atoms with van der Waals surface area (Å²) in [6.45, 7) is 3.75. The molecule has 6 amide bonds. The molecule has 9 atom stereocenters. The molecule has 54 heavy (non-hydrogen) atoms. The van der Waals surface area contributed by atoms with Gasteiger partial charge < -0.3 is 73.3 Å². The largest absolute Gasteiger partial charge is 0.481 e. The van der Waals surface area contributed by atoms with E-state index in [1.165, 1.54) is 19.4 Å². The predicted molar refractivity (Wildman–Crippen MR) is 183 cm³/mol. The maximum atomic E-state index is 13.4. The molecule has 304 valence electrons. The van der Waals surface area contributed by atoms with Gasteiger partial charge in [-0.3, -0.25) is 33.6 Å². The fourth-order valence-electron chi connectivity index (χ4n) is 4.67. The van der Waals surface area contributed by atoms with Crippen molar-refractivity contribution in [2.75, 3.05) is 13.2 Å². The number of nitrogens with one attached hydrogen (secondary N) is 7. The summed E-state index contributed by atoms with van der Waals surface area (Å²) in [4.78, 5) is 107. The van der Waals surface area contributed by atoms with Crippen molar-refractivity contribution in [1.82, 2.24) is 41.9 Å². The number of rotatable bonds is 24. The third-order valence-corrected chi connectivity index (χ3v) is 7.73. The number of H-pyrrole nitrogens is 1. The van der Waals surface area contributed by atoms with Crippen molar-refractivity contribution in [1.29, 1.82) is 0 Å². The molecule has 0 aromatic carbocycles. The number of aromatic amines is 1. The van der Waals surface area contributed by atoms with Gasteiger partial charge in [0, 0.05) is 24.7 Å². The summed E-state index contributed by atoms with van der Waals surface area (Å²) in [6, 6.07) is -11.2. The van der Waals surface area contributed by atoms with Gasteiger partial charge in [-0.15, -0.1) is 0 Å². The van der Waals surface area contributed by atoms with Crippen molar-refractivity contribution >= 4 is 47.4 Å². The van der Waals surface area contributed by atoms with Gasteiger partial charge in [-0.2, -0.15) is 0 Å². The molecule has 0 spiro atoms. The summed E-state index contributed by atoms with van der Waals surface area (Å²) in [5.41, 5.74) is 5.90. The van der Waals surface area contributed by atoms with Gasteiger partial charge in [0.25, 0.3) is 0 Å². The standard InChI is InChI=1S/C31H51N9O14/c1-13(2)7-18(26(48)40-24(15(4)44)30(52)35-17(31(53)54)5-6-22(45)46)36-27(49)20(10-41)38-25(47)19(8-16-9-33-12-34-16)37-28(50)21(11-42)39-29(51)23(32)14(3)43/h9,12-15,17-21,23-24,41-44H,5-8,10-11,32H2,1-4H3,(H,33,34)(H,35,52)(H,36,49)(H,37,50)(H,38,47)(H,39,51)(H,40,48)(H,45,46)(H,53,54)/t14-,15-,17+,18+,19+,20+,21+,23+,24+/m1/s1. The highest BCUT2D eigenvalue weighted by atomic mass is 16.4. The molecule has 1 aromatic heterocycles. The molecule has 1 heterocycles. The SMILES string of the molecule is CC(C)C[C@H](NC(=O)[C@H](CO)NC(=O)[C@H](Cc1cnc[nH]1)NC(=O)[C@H](CO)NC(=O)[C@@H](N)[C@@H](C)O)C(=O)N[C@H](C(=O)N[C@@H](CCC(=O)O)C(=O)O)[C@@H](C)O. The molecule has 15 N–H and O–H groups in total. The molecule has 0 unspecified atom stereocenters. The van der Waals surface area contributed by atoms with Gasteiger partial charge in [0.2, 0.25) is 35.4 Å². The van der Waals surface area contributed by atoms with E-state index in [1.807, 2.05) is 0 Å². The van der Waals surface area contributed by atoms with Crippen molar-refractivity contribution in [3.05, 3.63) is 18.2 Å². The second-order valence-corrected chi connectivity index (χ2v) is 12.8. The summed E-state index contributed by atoms with van der Waals surface area (Å²) in [6.07, 6.45) is -1.74. The van der Waals surface area contributed by atoms with Crippen LogP contribution in [0.2, 0.25) is 0 Å². The second kappa shape index (κ2) is 22.8. The number of carboxylic acid groups (broad SMARTS) is 2. The number of carboxylic acids is 2. The van der Waals surface area contributed by atoms with Gasteiger partial charge >= 0.3 is 11.9 Å². The van der Waals surface area contributed by atoms with Crippen LogP contribution in [0.5, 0.6) is 0 Å². The lowest BCUT2D eigenvalue weighted by molar-refractivity contribution is -0.144. The molecule has 1 aromatic rings. The predicted octanol–water partition coefficient (Wildman–Crippen LogP) is -6.07. The first-order valence-electron chi connectivity index (χ1n) is 16.8. The minimum absolute atomic E-state index is 0.0698. The maximum absolute atomic E-state index is 13.4. The Morgan fingerprint density at radius 2 is 1.17 bits per heavy atom. The smallest absolute Gasteiger partial charge is 0.326 e. The normalized spacial score (nSPS) is 16.2. The molecule has 0 saturated carbocycles. The van der Waals surface area contributed by atoms with Gasteiger partial charge in [0.05, 0.1) is 31.7 Å². The van der Waals surface area contributed by atoms with E-state index in [9.17, 15) is 63.9 Å². The fourth-order valence-corrected chi connectivity index (χ4v) is 4.67. The number of hydrogen-bond acceptors (Lipinski definition) is 14. The van der Waals surface area contributed by atoms with Crippen LogP contribution in [0.3, 0.4) is 0 Å². The lowest BCUT2D eigenvalue weighted by Gasteiger charge is -2.28. The Kier molecular flexibility index (Phi) is 19.7. The van der Waals surface area contributed by atoms with Crippen molar-refractivity contribution in [2.24, 2.45) is 11.7 Å². The number of aliphatic hydroxyl groups is 4. The van der Waals surface area contributed by atoms with E-state index in [2.05, 4.69) is 41.9 Å². The van der Waals surface area contributed by atoms with E-state index in [4.69, 9.17) is 10.8 Å². The molecule has 23 heteroatoms. The summed E-state index contributed by atoms with van der Waals surface area (Å²) in [5.74, 6) is -9.52. The van der Waals surface area contributed by atoms with Gasteiger partial charge in [0.15, 0.2) is 0 Å². The number of aromatic nitrogens is 2. The molecular formula is C31H51N9O14. The van der Waals surface area contributed by atoms with Crippen LogP contribution in [-0.4, -0.2) is 156 Å². The number of aliphatic carboxylic acids is 2. The lowest BCUT2D eigenvalue weighted by Crippen LogP contribution is -2.62. The number of nitrogens with zero attached hydrogens (tertiary/aromatic N) is 1. The highest BCUT2D eigenvalue weighted by Crippen LogP contribution is 2.08. The van der Waals surface area contributed by atoms with Crippen LogP contribution < -0.4 is 37.6 Å². The third kappa shape index (κ3) is 15.8. The molecule has 0 fully saturated rings. The van der Waals surface area contributed by atoms with Crippen molar-refractivity contribution < 1.29 is 69.0 Å². The molecule has 0 saturated heterocycles. The zero-order valence-corrected chi connectivity index (χ0v) is 30.1. The molecule has 0 aliphatic heterocycles. The van der Waals surface area contributed by atoms with Crippen molar-refractivity contribution in [2.45, 2.75) is 108 Å². The zero-order chi connectivity index (χ0) is 41.3. The molecule has 0 aliphatic rings. The monoisotopic (exact) mass is 773 g/mol. The fraction of sp³-hybridized carbons (Fsp3) is 0.645. The summed E-state index contributed by atoms with van der Waals surface area (Å²) in [7, 11) is 0. The average molecular weight is 774 g/mol. The Balaban J connectivity index is 3.18. The van der Waals surface area contributed by atoms with Gasteiger partial charge in [-0.25, -0.2) is 9.78 Å². The number of carbonyl (C=O) groups is 8. The van der Waals surface area contributed by atoms with Crippen LogP contribution in [0.1, 0.15) is 52.7 Å². The van der Waals surface area contributed by atoms with Crippen LogP contribution in [0.15, 0.2) is 12.5 Å². The van der Waals surface area contributed by atoms with Gasteiger partial charge in [0.1, 0.15) is 42.3 Å². The first-order valence-corrected chi connectivity index (χ1v) is 16.8. The van der Waals surface area contributed by atoms with Crippen LogP contribution >= 0.6 is 0 Å². The Hall–Kier alpha value is -5.23. The van der Waals surface area contributed by atoms with Crippen LogP contribution in [0.25, 0.3) is 0 Å². The van der Waals surface area contributed by atoms with Gasteiger partial charge in [-0.05, 0) is 32.6 Å². The van der Waals surface area contributed by atoms with E-state index in [-0.39, 0.29) is 18.8 Å². The molecular weight excluding hydrogens is 722 g/mol. The Bertz CT molecular complexity index is 1440. The van der Waals surface area contributed by atoms with Crippen molar-refractivity contribution in [3.63, 3.8) is 0 Å². The van der Waals surface area contributed by atoms with Crippen LogP contribution in [-0.2, 0) is 44.8 Å². The first-order chi connectivity index (χ1) is 25.2. The molecule has 23 nitrogen and oxygen atoms in total. The highest BCUT2D eigenvalue weighted by molar-refractivity contribution is 5.97. The number of amides is 6. The molecule has 0 aliphatic carbocycles. The Morgan fingerprint density at radius 1 is 0.685 bits per heavy atom. The third-order valence-electron chi connectivity index (χ3n) is 7.73. The summed E-state index contributed by atoms with van der Waals surface area (Å²) < 4.78 is 0. The van der Waals surface area contributed by atoms with Crippen molar-refractivity contribution in [3.8, 4) is 0 Å². The molecule has 0 bridgehead atoms. The highest BCUT2D eigenvalue weighted by Gasteiger charge is 2.35. The zero-order valence-electron chi connectivity index (χ0n) is 30.1. The topological polar surface area (TPSA) is 385 Å². The minimum Gasteiger partial charge on any atom is -0.481 e. The van der Waals surface area contributed by atoms with E-state index in [0.717, 1.165) is 6.92 Å². The van der Waals surface area contributed by atoms with E-state index < -0.39 is 128 Å². The van der Waals surface area contributed by atoms with Crippen LogP contribution in [0, 0.1) is 5.92 Å². The second-order valence-electron chi connectivity index (χ2n) is 12.8. The average Bonchev–Trinajstić information content (AvgIpc) is 3.61. The summed E-state index contributed by atoms with van der Waals surface area (Å²) in [5, 5.41) is 71.3. The number of aliphatic hydroxyl groups excluding tert-OH is 4. The van der Waals surface area contributed by atoms with Crippen LogP contribution in [0.4, 0.5) is 0 Å². The van der Waals surface area contributed by atoms with E-state index >= 15 is 0 Å². The molecule has 0 radical (unpaired) electrons. The quantitative estimate of drug-likeness (QED) is 0.0465. The Labute approximate surface area is 309 Å². The van der Waals surface area contributed by atoms with E-state index in [1.54, 1.807) is 13.8 Å².